The molecule has 52 heavy (non-hydrogen) atoms. The predicted molar refractivity (Wildman–Crippen MR) is 239 cm³/mol. The van der Waals surface area contributed by atoms with Crippen molar-refractivity contribution in [1.82, 2.24) is 0 Å². The van der Waals surface area contributed by atoms with Crippen LogP contribution < -0.4 is 15.6 Å². The van der Waals surface area contributed by atoms with Crippen molar-refractivity contribution in [3.05, 3.63) is 88.0 Å². The third kappa shape index (κ3) is 4.91. The molecule has 0 saturated carbocycles. The fourth-order valence-electron chi connectivity index (χ4n) is 14.8. The van der Waals surface area contributed by atoms with Crippen molar-refractivity contribution in [2.24, 2.45) is 0 Å². The highest BCUT2D eigenvalue weighted by atomic mass is 28.3. The highest BCUT2D eigenvalue weighted by Gasteiger charge is 2.64. The van der Waals surface area contributed by atoms with Crippen LogP contribution in [0.25, 0.3) is 0 Å². The first-order valence-electron chi connectivity index (χ1n) is 21.2. The van der Waals surface area contributed by atoms with Crippen LogP contribution in [0.15, 0.2) is 54.6 Å². The molecular weight excluding hydrogens is 677 g/mol. The van der Waals surface area contributed by atoms with Crippen molar-refractivity contribution in [3.63, 3.8) is 0 Å². The maximum absolute atomic E-state index is 15.1. The minimum Gasteiger partial charge on any atom is -0.376 e. The maximum atomic E-state index is 15.1. The van der Waals surface area contributed by atoms with E-state index in [1.807, 2.05) is 0 Å². The van der Waals surface area contributed by atoms with E-state index in [9.17, 15) is 0 Å². The third-order valence-electron chi connectivity index (χ3n) is 15.9. The van der Waals surface area contributed by atoms with Crippen LogP contribution in [0.5, 0.6) is 0 Å². The van der Waals surface area contributed by atoms with Crippen molar-refractivity contribution >= 4 is 39.8 Å². The van der Waals surface area contributed by atoms with Gasteiger partial charge in [-0.25, -0.2) is 0 Å². The molecule has 3 aliphatic carbocycles. The summed E-state index contributed by atoms with van der Waals surface area (Å²) in [7, 11) is -6.71. The fourth-order valence-corrected chi connectivity index (χ4v) is 35.8. The largest absolute Gasteiger partial charge is 0.376 e. The molecule has 0 radical (unpaired) electrons. The lowest BCUT2D eigenvalue weighted by Crippen LogP contribution is -2.68. The second-order valence-corrected chi connectivity index (χ2v) is 37.8. The molecule has 2 bridgehead atoms. The second-order valence-electron chi connectivity index (χ2n) is 20.2. The van der Waals surface area contributed by atoms with E-state index < -0.39 is 29.8 Å². The monoisotopic (exact) mass is 753 g/mol. The van der Waals surface area contributed by atoms with Crippen LogP contribution in [0.1, 0.15) is 165 Å². The van der Waals surface area contributed by atoms with E-state index in [4.69, 9.17) is 0 Å². The van der Waals surface area contributed by atoms with Gasteiger partial charge in [0.1, 0.15) is 5.60 Å². The fraction of sp³-hybridized carbons (Fsp3) is 0.625. The smallest absolute Gasteiger partial charge is 0.141 e. The Bertz CT molecular complexity index is 1520. The van der Waals surface area contributed by atoms with Gasteiger partial charge in [-0.05, 0) is 90.2 Å². The molecule has 0 saturated heterocycles. The van der Waals surface area contributed by atoms with Gasteiger partial charge in [0.2, 0.25) is 0 Å². The van der Waals surface area contributed by atoms with Gasteiger partial charge in [0.25, 0.3) is 0 Å². The Hall–Kier alpha value is -1.73. The van der Waals surface area contributed by atoms with Crippen LogP contribution >= 0.6 is 0 Å². The molecule has 3 aromatic rings. The summed E-state index contributed by atoms with van der Waals surface area (Å²) in [5.74, 6) is 0. The van der Waals surface area contributed by atoms with Gasteiger partial charge in [-0.15, -0.1) is 0 Å². The lowest BCUT2D eigenvalue weighted by molar-refractivity contribution is 0.111. The van der Waals surface area contributed by atoms with E-state index in [1.165, 1.54) is 48.9 Å². The summed E-state index contributed by atoms with van der Waals surface area (Å²) in [6.45, 7) is 47.5. The Morgan fingerprint density at radius 1 is 0.365 bits per heavy atom. The topological polar surface area (TPSA) is 20.2 Å². The van der Waals surface area contributed by atoms with Crippen LogP contribution in [0.2, 0.25) is 49.9 Å². The Balaban J connectivity index is 2.18. The van der Waals surface area contributed by atoms with Crippen LogP contribution in [0.3, 0.4) is 0 Å². The Morgan fingerprint density at radius 3 is 0.731 bits per heavy atom. The molecule has 0 atom stereocenters. The van der Waals surface area contributed by atoms with Crippen LogP contribution in [0, 0.1) is 0 Å². The third-order valence-corrected chi connectivity index (χ3v) is 37.1. The number of hydrogen-bond donors (Lipinski definition) is 1. The van der Waals surface area contributed by atoms with Crippen molar-refractivity contribution in [3.8, 4) is 0 Å². The first kappa shape index (κ1) is 41.4. The van der Waals surface area contributed by atoms with Gasteiger partial charge >= 0.3 is 0 Å². The van der Waals surface area contributed by atoms with Gasteiger partial charge < -0.3 is 5.11 Å². The first-order chi connectivity index (χ1) is 24.0. The lowest BCUT2D eigenvalue weighted by atomic mass is 9.52. The molecule has 0 spiro atoms. The Morgan fingerprint density at radius 2 is 0.558 bits per heavy atom. The SMILES string of the molecule is CC(C)[Si](c1cccc2c1C1(O)c3c(cccc3[Si](C(C)C)(C(C)C)C(C)C)C2(C)c2cccc([Si](C(C)C)(C(C)C)C(C)C)c21)(C(C)C)C(C)C. The normalized spacial score (nSPS) is 20.5. The summed E-state index contributed by atoms with van der Waals surface area (Å²) in [5.41, 5.74) is 11.2. The van der Waals surface area contributed by atoms with E-state index >= 15 is 5.11 Å². The number of hydrogen-bond acceptors (Lipinski definition) is 1. The lowest BCUT2D eigenvalue weighted by Gasteiger charge is -2.60. The van der Waals surface area contributed by atoms with E-state index in [2.05, 4.69) is 186 Å². The van der Waals surface area contributed by atoms with Crippen LogP contribution in [-0.4, -0.2) is 29.3 Å². The molecule has 0 amide bonds. The summed E-state index contributed by atoms with van der Waals surface area (Å²) in [5, 5.41) is 19.7. The van der Waals surface area contributed by atoms with Gasteiger partial charge in [0, 0.05) is 5.41 Å². The maximum Gasteiger partial charge on any atom is 0.141 e. The summed E-state index contributed by atoms with van der Waals surface area (Å²) in [6, 6.07) is 21.9. The Labute approximate surface area is 323 Å². The molecule has 4 heteroatoms. The molecule has 6 rings (SSSR count). The van der Waals surface area contributed by atoms with Crippen molar-refractivity contribution in [2.75, 3.05) is 0 Å². The summed E-state index contributed by atoms with van der Waals surface area (Å²) < 4.78 is 0. The Kier molecular flexibility index (Phi) is 11.0. The number of benzene rings is 3. The van der Waals surface area contributed by atoms with Gasteiger partial charge in [0.15, 0.2) is 0 Å². The van der Waals surface area contributed by atoms with Gasteiger partial charge in [-0.2, -0.15) is 0 Å². The van der Waals surface area contributed by atoms with E-state index in [0.717, 1.165) is 0 Å². The molecule has 286 valence electrons. The molecule has 3 aliphatic rings. The molecule has 0 fully saturated rings. The zero-order valence-electron chi connectivity index (χ0n) is 36.8. The van der Waals surface area contributed by atoms with Gasteiger partial charge in [-0.3, -0.25) is 0 Å². The van der Waals surface area contributed by atoms with Crippen molar-refractivity contribution in [1.29, 1.82) is 0 Å². The predicted octanol–water partition coefficient (Wildman–Crippen LogP) is 12.6. The van der Waals surface area contributed by atoms with E-state index in [1.54, 1.807) is 0 Å². The second kappa shape index (κ2) is 13.8. The molecular formula is C48H76OSi3. The zero-order valence-corrected chi connectivity index (χ0v) is 39.8. The summed E-state index contributed by atoms with van der Waals surface area (Å²) in [4.78, 5) is 0. The highest BCUT2D eigenvalue weighted by Crippen LogP contribution is 2.62. The standard InChI is InChI=1S/C48H76OSi3/c1-29(2)50(30(3)4,31(5)6)41-26-20-23-38-44(41)48(49)45-39(24-21-27-42(45)51(32(7)8,33(9)10)34(11)12)47(38,19)40-25-22-28-43(46(40)48)52(35(13)14,36(15)16)37(17)18/h20-37,49H,1-19H3. The number of aliphatic hydroxyl groups is 1. The molecule has 0 aliphatic heterocycles. The van der Waals surface area contributed by atoms with Crippen molar-refractivity contribution < 1.29 is 5.11 Å². The van der Waals surface area contributed by atoms with Crippen molar-refractivity contribution in [2.45, 2.75) is 192 Å². The van der Waals surface area contributed by atoms with Crippen LogP contribution in [0.4, 0.5) is 0 Å². The quantitative estimate of drug-likeness (QED) is 0.183. The molecule has 0 unspecified atom stereocenters. The summed E-state index contributed by atoms with van der Waals surface area (Å²) >= 11 is 0. The minimum absolute atomic E-state index is 0.367. The average Bonchev–Trinajstić information content (AvgIpc) is 3.02. The molecule has 3 aromatic carbocycles. The molecule has 1 nitrogen and oxygen atoms in total. The summed E-state index contributed by atoms with van der Waals surface area (Å²) in [6.07, 6.45) is 0. The molecule has 1 N–H and O–H groups in total. The van der Waals surface area contributed by atoms with Gasteiger partial charge in [0.05, 0.1) is 24.2 Å². The molecule has 0 heterocycles. The minimum atomic E-state index is -2.24. The van der Waals surface area contributed by atoms with E-state index in [-0.39, 0.29) is 5.41 Å². The highest BCUT2D eigenvalue weighted by molar-refractivity contribution is 6.97. The number of rotatable bonds is 12. The molecule has 0 aromatic heterocycles. The average molecular weight is 753 g/mol. The first-order valence-corrected chi connectivity index (χ1v) is 27.9. The zero-order chi connectivity index (χ0) is 39.3. The van der Waals surface area contributed by atoms with Crippen LogP contribution in [-0.2, 0) is 11.0 Å². The van der Waals surface area contributed by atoms with E-state index in [0.29, 0.717) is 49.9 Å². The van der Waals surface area contributed by atoms with Gasteiger partial charge in [-0.1, -0.05) is 195 Å².